The second kappa shape index (κ2) is 10.1. The van der Waals surface area contributed by atoms with Crippen molar-refractivity contribution in [2.24, 2.45) is 0 Å². The van der Waals surface area contributed by atoms with Crippen LogP contribution in [0.5, 0.6) is 5.75 Å². The van der Waals surface area contributed by atoms with Crippen LogP contribution in [0, 0.1) is 0 Å². The molecule has 5 heteroatoms. The third-order valence-electron chi connectivity index (χ3n) is 5.39. The molecule has 158 valence electrons. The molecule has 1 atom stereocenters. The average molecular weight is 415 g/mol. The van der Waals surface area contributed by atoms with E-state index in [1.807, 2.05) is 61.5 Å². The van der Waals surface area contributed by atoms with Crippen molar-refractivity contribution >= 4 is 14.3 Å². The van der Waals surface area contributed by atoms with E-state index in [0.29, 0.717) is 19.6 Å². The van der Waals surface area contributed by atoms with E-state index in [4.69, 9.17) is 13.9 Å². The zero-order chi connectivity index (χ0) is 21.5. The second-order valence-electron chi connectivity index (χ2n) is 8.74. The maximum absolute atomic E-state index is 12.5. The fraction of sp³-hybridized carbons (Fsp3) is 0.458. The lowest BCUT2D eigenvalue weighted by atomic mass is 10.1. The van der Waals surface area contributed by atoms with Gasteiger partial charge in [0, 0.05) is 6.42 Å². The highest BCUT2D eigenvalue weighted by Crippen LogP contribution is 2.37. The van der Waals surface area contributed by atoms with Gasteiger partial charge in [-0.2, -0.15) is 0 Å². The Kier molecular flexibility index (Phi) is 8.05. The monoisotopic (exact) mass is 414 g/mol. The Morgan fingerprint density at radius 3 is 2.14 bits per heavy atom. The molecule has 0 amide bonds. The van der Waals surface area contributed by atoms with E-state index in [2.05, 4.69) is 33.9 Å². The molecule has 2 aromatic rings. The van der Waals surface area contributed by atoms with Crippen LogP contribution in [-0.4, -0.2) is 27.0 Å². The minimum atomic E-state index is -2.10. The molecule has 0 N–H and O–H groups in total. The SMILES string of the molecule is CCOC(=O)[C@H](Cc1ccc(OCc2ccccc2)cc1)O[Si](C)(C)C(C)(C)C. The van der Waals surface area contributed by atoms with E-state index in [1.165, 1.54) is 0 Å². The molecule has 0 bridgehead atoms. The summed E-state index contributed by atoms with van der Waals surface area (Å²) in [6.07, 6.45) is -0.100. The zero-order valence-corrected chi connectivity index (χ0v) is 19.5. The number of rotatable bonds is 9. The van der Waals surface area contributed by atoms with E-state index in [1.54, 1.807) is 0 Å². The van der Waals surface area contributed by atoms with Crippen LogP contribution in [0.3, 0.4) is 0 Å². The summed E-state index contributed by atoms with van der Waals surface area (Å²) in [6.45, 7) is 13.5. The smallest absolute Gasteiger partial charge is 0.334 e. The van der Waals surface area contributed by atoms with E-state index >= 15 is 0 Å². The lowest BCUT2D eigenvalue weighted by molar-refractivity contribution is -0.152. The van der Waals surface area contributed by atoms with Gasteiger partial charge in [-0.15, -0.1) is 0 Å². The van der Waals surface area contributed by atoms with Crippen molar-refractivity contribution in [1.29, 1.82) is 0 Å². The van der Waals surface area contributed by atoms with E-state index in [0.717, 1.165) is 16.9 Å². The third kappa shape index (κ3) is 7.01. The molecule has 0 fully saturated rings. The molecule has 0 aliphatic rings. The molecule has 4 nitrogen and oxygen atoms in total. The molecule has 0 radical (unpaired) electrons. The maximum atomic E-state index is 12.5. The topological polar surface area (TPSA) is 44.8 Å². The van der Waals surface area contributed by atoms with Crippen molar-refractivity contribution in [1.82, 2.24) is 0 Å². The van der Waals surface area contributed by atoms with E-state index < -0.39 is 14.4 Å². The highest BCUT2D eigenvalue weighted by Gasteiger charge is 2.41. The Morgan fingerprint density at radius 2 is 1.59 bits per heavy atom. The Morgan fingerprint density at radius 1 is 0.966 bits per heavy atom. The molecule has 2 rings (SSSR count). The largest absolute Gasteiger partial charge is 0.489 e. The zero-order valence-electron chi connectivity index (χ0n) is 18.5. The molecule has 2 aromatic carbocycles. The van der Waals surface area contributed by atoms with Gasteiger partial charge in [-0.1, -0.05) is 63.2 Å². The third-order valence-corrected chi connectivity index (χ3v) is 9.87. The van der Waals surface area contributed by atoms with Crippen LogP contribution in [0.15, 0.2) is 54.6 Å². The summed E-state index contributed by atoms with van der Waals surface area (Å²) in [7, 11) is -2.10. The summed E-state index contributed by atoms with van der Waals surface area (Å²) in [5.74, 6) is 0.511. The van der Waals surface area contributed by atoms with Gasteiger partial charge >= 0.3 is 5.97 Å². The van der Waals surface area contributed by atoms with Crippen molar-refractivity contribution in [3.8, 4) is 5.75 Å². The van der Waals surface area contributed by atoms with E-state index in [-0.39, 0.29) is 11.0 Å². The van der Waals surface area contributed by atoms with Crippen molar-refractivity contribution in [2.45, 2.75) is 65.0 Å². The molecular weight excluding hydrogens is 380 g/mol. The van der Waals surface area contributed by atoms with Crippen LogP contribution in [0.4, 0.5) is 0 Å². The highest BCUT2D eigenvalue weighted by atomic mass is 28.4. The summed E-state index contributed by atoms with van der Waals surface area (Å²) in [5.41, 5.74) is 2.15. The van der Waals surface area contributed by atoms with Gasteiger partial charge in [0.05, 0.1) is 6.61 Å². The quantitative estimate of drug-likeness (QED) is 0.386. The number of hydrogen-bond acceptors (Lipinski definition) is 4. The molecule has 0 spiro atoms. The summed E-state index contributed by atoms with van der Waals surface area (Å²) in [4.78, 5) is 12.5. The van der Waals surface area contributed by atoms with Crippen LogP contribution < -0.4 is 4.74 Å². The molecule has 0 saturated carbocycles. The van der Waals surface area contributed by atoms with Crippen molar-refractivity contribution in [2.75, 3.05) is 6.61 Å². The van der Waals surface area contributed by atoms with E-state index in [9.17, 15) is 4.79 Å². The lowest BCUT2D eigenvalue weighted by Crippen LogP contribution is -2.47. The normalized spacial score (nSPS) is 13.0. The van der Waals surface area contributed by atoms with Crippen molar-refractivity contribution in [3.63, 3.8) is 0 Å². The van der Waals surface area contributed by atoms with Gasteiger partial charge in [-0.05, 0) is 48.3 Å². The molecule has 0 aliphatic heterocycles. The molecule has 0 aliphatic carbocycles. The van der Waals surface area contributed by atoms with Gasteiger partial charge in [-0.3, -0.25) is 0 Å². The van der Waals surface area contributed by atoms with Crippen LogP contribution >= 0.6 is 0 Å². The predicted molar refractivity (Wildman–Crippen MR) is 120 cm³/mol. The fourth-order valence-electron chi connectivity index (χ4n) is 2.62. The van der Waals surface area contributed by atoms with Gasteiger partial charge in [0.1, 0.15) is 18.5 Å². The second-order valence-corrected chi connectivity index (χ2v) is 13.5. The van der Waals surface area contributed by atoms with Crippen molar-refractivity contribution < 1.29 is 18.7 Å². The number of carbonyl (C=O) groups excluding carboxylic acids is 1. The van der Waals surface area contributed by atoms with Gasteiger partial charge in [0.25, 0.3) is 0 Å². The first-order chi connectivity index (χ1) is 13.6. The Balaban J connectivity index is 2.05. The number of esters is 1. The minimum absolute atomic E-state index is 0.0207. The van der Waals surface area contributed by atoms with Gasteiger partial charge in [0.15, 0.2) is 8.32 Å². The number of benzene rings is 2. The first-order valence-corrected chi connectivity index (χ1v) is 13.1. The molecule has 0 unspecified atom stereocenters. The summed E-state index contributed by atoms with van der Waals surface area (Å²) in [6, 6.07) is 17.9. The summed E-state index contributed by atoms with van der Waals surface area (Å²) in [5, 5.41) is 0.0207. The van der Waals surface area contributed by atoms with Crippen LogP contribution in [0.1, 0.15) is 38.8 Å². The molecule has 29 heavy (non-hydrogen) atoms. The lowest BCUT2D eigenvalue weighted by Gasteiger charge is -2.38. The highest BCUT2D eigenvalue weighted by molar-refractivity contribution is 6.74. The van der Waals surface area contributed by atoms with Crippen molar-refractivity contribution in [3.05, 3.63) is 65.7 Å². The first kappa shape index (κ1) is 23.2. The maximum Gasteiger partial charge on any atom is 0.334 e. The first-order valence-electron chi connectivity index (χ1n) is 10.2. The number of ether oxygens (including phenoxy) is 2. The summed E-state index contributed by atoms with van der Waals surface area (Å²) < 4.78 is 17.5. The predicted octanol–water partition coefficient (Wildman–Crippen LogP) is 5.76. The average Bonchev–Trinajstić information content (AvgIpc) is 2.67. The molecule has 0 saturated heterocycles. The number of carbonyl (C=O) groups is 1. The van der Waals surface area contributed by atoms with Gasteiger partial charge < -0.3 is 13.9 Å². The van der Waals surface area contributed by atoms with Crippen LogP contribution in [0.25, 0.3) is 0 Å². The Labute approximate surface area is 176 Å². The summed E-state index contributed by atoms with van der Waals surface area (Å²) >= 11 is 0. The fourth-order valence-corrected chi connectivity index (χ4v) is 3.86. The number of hydrogen-bond donors (Lipinski definition) is 0. The molecular formula is C24H34O4Si. The van der Waals surface area contributed by atoms with Gasteiger partial charge in [-0.25, -0.2) is 4.79 Å². The molecule has 0 aromatic heterocycles. The van der Waals surface area contributed by atoms with Crippen LogP contribution in [0.2, 0.25) is 18.1 Å². The van der Waals surface area contributed by atoms with Crippen LogP contribution in [-0.2, 0) is 27.0 Å². The standard InChI is InChI=1S/C24H34O4Si/c1-7-26-23(25)22(28-29(5,6)24(2,3)4)17-19-13-15-21(16-14-19)27-18-20-11-9-8-10-12-20/h8-16,22H,7,17-18H2,1-6H3/t22-/m0/s1. The minimum Gasteiger partial charge on any atom is -0.489 e. The van der Waals surface area contributed by atoms with Gasteiger partial charge in [0.2, 0.25) is 0 Å². The molecule has 0 heterocycles. The Bertz CT molecular complexity index is 764. The Hall–Kier alpha value is -2.11.